The van der Waals surface area contributed by atoms with Gasteiger partial charge >= 0.3 is 11.9 Å². The first kappa shape index (κ1) is 11.8. The Bertz CT molecular complexity index is 606. The maximum absolute atomic E-state index is 11.3. The summed E-state index contributed by atoms with van der Waals surface area (Å²) in [4.78, 5) is 25.9. The number of ether oxygens (including phenoxy) is 1. The number of nitrogens with zero attached hydrogens (tertiary/aromatic N) is 3. The molecule has 0 unspecified atom stereocenters. The van der Waals surface area contributed by atoms with Crippen molar-refractivity contribution in [3.63, 3.8) is 0 Å². The summed E-state index contributed by atoms with van der Waals surface area (Å²) < 4.78 is 5.89. The number of methoxy groups -OCH3 is 1. The third-order valence-corrected chi connectivity index (χ3v) is 2.23. The fraction of sp³-hybridized carbons (Fsp3) is 0.0909. The number of pyridine rings is 1. The molecule has 7 nitrogen and oxygen atoms in total. The molecule has 1 N–H and O–H groups in total. The fourth-order valence-corrected chi connectivity index (χ4v) is 1.35. The van der Waals surface area contributed by atoms with Crippen LogP contribution in [0.4, 0.5) is 0 Å². The normalized spacial score (nSPS) is 10.1. The molecule has 0 saturated carbocycles. The molecule has 0 aliphatic rings. The quantitative estimate of drug-likeness (QED) is 0.804. The maximum atomic E-state index is 11.3. The van der Waals surface area contributed by atoms with Crippen LogP contribution in [0.15, 0.2) is 30.7 Å². The van der Waals surface area contributed by atoms with Crippen molar-refractivity contribution in [2.75, 3.05) is 7.11 Å². The number of hydrogen-bond donors (Lipinski definition) is 1. The van der Waals surface area contributed by atoms with Gasteiger partial charge in [-0.2, -0.15) is 5.10 Å². The minimum Gasteiger partial charge on any atom is -0.478 e. The van der Waals surface area contributed by atoms with Crippen molar-refractivity contribution in [3.05, 3.63) is 42.0 Å². The van der Waals surface area contributed by atoms with E-state index in [1.165, 1.54) is 36.4 Å². The summed E-state index contributed by atoms with van der Waals surface area (Å²) in [5.41, 5.74) is 0.715. The molecule has 0 saturated heterocycles. The maximum Gasteiger partial charge on any atom is 0.356 e. The van der Waals surface area contributed by atoms with Crippen LogP contribution in [0.2, 0.25) is 0 Å². The summed E-state index contributed by atoms with van der Waals surface area (Å²) in [7, 11) is 1.26. The monoisotopic (exact) mass is 247 g/mol. The Balaban J connectivity index is 2.38. The van der Waals surface area contributed by atoms with Crippen LogP contribution in [0.5, 0.6) is 0 Å². The third-order valence-electron chi connectivity index (χ3n) is 2.23. The highest BCUT2D eigenvalue weighted by Crippen LogP contribution is 2.09. The van der Waals surface area contributed by atoms with Gasteiger partial charge in [-0.1, -0.05) is 0 Å². The summed E-state index contributed by atoms with van der Waals surface area (Å²) >= 11 is 0. The molecule has 7 heteroatoms. The smallest absolute Gasteiger partial charge is 0.356 e. The Morgan fingerprint density at radius 2 is 2.22 bits per heavy atom. The van der Waals surface area contributed by atoms with E-state index in [0.29, 0.717) is 5.69 Å². The number of carbonyl (C=O) groups is 2. The van der Waals surface area contributed by atoms with Crippen LogP contribution in [-0.2, 0) is 4.74 Å². The summed E-state index contributed by atoms with van der Waals surface area (Å²) in [6.45, 7) is 0. The minimum absolute atomic E-state index is 0.0615. The molecule has 0 aliphatic heterocycles. The van der Waals surface area contributed by atoms with Gasteiger partial charge in [0.2, 0.25) is 0 Å². The highest BCUT2D eigenvalue weighted by molar-refractivity contribution is 5.88. The van der Waals surface area contributed by atoms with Gasteiger partial charge in [0.1, 0.15) is 5.69 Å². The minimum atomic E-state index is -1.07. The zero-order chi connectivity index (χ0) is 13.1. The molecule has 92 valence electrons. The Hall–Kier alpha value is -2.70. The van der Waals surface area contributed by atoms with E-state index in [4.69, 9.17) is 5.11 Å². The molecular formula is C11H9N3O4. The average Bonchev–Trinajstić information content (AvgIpc) is 2.88. The van der Waals surface area contributed by atoms with Crippen molar-refractivity contribution in [3.8, 4) is 5.69 Å². The highest BCUT2D eigenvalue weighted by atomic mass is 16.5. The van der Waals surface area contributed by atoms with Gasteiger partial charge in [-0.3, -0.25) is 0 Å². The van der Waals surface area contributed by atoms with E-state index < -0.39 is 11.9 Å². The molecule has 2 aromatic heterocycles. The predicted octanol–water partition coefficient (Wildman–Crippen LogP) is 0.752. The first-order chi connectivity index (χ1) is 8.61. The molecule has 0 fully saturated rings. The Morgan fingerprint density at radius 3 is 2.83 bits per heavy atom. The summed E-state index contributed by atoms with van der Waals surface area (Å²) in [5, 5.41) is 12.7. The standard InChI is InChI=1S/C11H9N3O4/c1-18-11(17)9-4-8(2-3-12-9)14-6-7(5-13-14)10(15)16/h2-6H,1H3,(H,15,16). The van der Waals surface area contributed by atoms with Crippen LogP contribution in [0.3, 0.4) is 0 Å². The first-order valence-electron chi connectivity index (χ1n) is 4.94. The number of carbonyl (C=O) groups excluding carboxylic acids is 1. The first-order valence-corrected chi connectivity index (χ1v) is 4.94. The number of rotatable bonds is 3. The van der Waals surface area contributed by atoms with Crippen LogP contribution in [-0.4, -0.2) is 38.9 Å². The molecular weight excluding hydrogens is 238 g/mol. The lowest BCUT2D eigenvalue weighted by Crippen LogP contribution is -2.05. The van der Waals surface area contributed by atoms with Gasteiger partial charge in [-0.15, -0.1) is 0 Å². The van der Waals surface area contributed by atoms with Gasteiger partial charge in [0.25, 0.3) is 0 Å². The molecule has 0 atom stereocenters. The van der Waals surface area contributed by atoms with Gasteiger partial charge < -0.3 is 9.84 Å². The summed E-state index contributed by atoms with van der Waals surface area (Å²) in [6.07, 6.45) is 3.99. The molecule has 0 amide bonds. The lowest BCUT2D eigenvalue weighted by molar-refractivity contribution is 0.0593. The molecule has 2 aromatic rings. The van der Waals surface area contributed by atoms with Gasteiger partial charge in [0.05, 0.1) is 24.6 Å². The number of aromatic nitrogens is 3. The Morgan fingerprint density at radius 1 is 1.44 bits per heavy atom. The fourth-order valence-electron chi connectivity index (χ4n) is 1.35. The van der Waals surface area contributed by atoms with Gasteiger partial charge in [-0.05, 0) is 12.1 Å². The second kappa shape index (κ2) is 4.66. The van der Waals surface area contributed by atoms with E-state index in [1.54, 1.807) is 6.07 Å². The van der Waals surface area contributed by atoms with E-state index in [0.717, 1.165) is 0 Å². The van der Waals surface area contributed by atoms with E-state index in [-0.39, 0.29) is 11.3 Å². The molecule has 2 heterocycles. The van der Waals surface area contributed by atoms with Gasteiger partial charge in [0, 0.05) is 12.4 Å². The van der Waals surface area contributed by atoms with Crippen molar-refractivity contribution in [2.45, 2.75) is 0 Å². The molecule has 18 heavy (non-hydrogen) atoms. The number of carboxylic acids is 1. The zero-order valence-corrected chi connectivity index (χ0v) is 9.40. The van der Waals surface area contributed by atoms with Crippen molar-refractivity contribution in [2.24, 2.45) is 0 Å². The topological polar surface area (TPSA) is 94.3 Å². The van der Waals surface area contributed by atoms with Gasteiger partial charge in [-0.25, -0.2) is 19.3 Å². The van der Waals surface area contributed by atoms with Crippen molar-refractivity contribution in [1.29, 1.82) is 0 Å². The molecule has 0 aromatic carbocycles. The summed E-state index contributed by atoms with van der Waals surface area (Å²) in [5.74, 6) is -1.63. The van der Waals surface area contributed by atoms with Crippen molar-refractivity contribution in [1.82, 2.24) is 14.8 Å². The van der Waals surface area contributed by atoms with Crippen LogP contribution in [0, 0.1) is 0 Å². The van der Waals surface area contributed by atoms with Crippen molar-refractivity contribution >= 4 is 11.9 Å². The lowest BCUT2D eigenvalue weighted by Gasteiger charge is -2.02. The van der Waals surface area contributed by atoms with E-state index >= 15 is 0 Å². The number of aromatic carboxylic acids is 1. The molecule has 0 spiro atoms. The SMILES string of the molecule is COC(=O)c1cc(-n2cc(C(=O)O)cn2)ccn1. The zero-order valence-electron chi connectivity index (χ0n) is 9.40. The second-order valence-corrected chi connectivity index (χ2v) is 3.37. The molecule has 2 rings (SSSR count). The van der Waals surface area contributed by atoms with E-state index in [9.17, 15) is 9.59 Å². The van der Waals surface area contributed by atoms with E-state index in [1.807, 2.05) is 0 Å². The van der Waals surface area contributed by atoms with Crippen LogP contribution < -0.4 is 0 Å². The second-order valence-electron chi connectivity index (χ2n) is 3.37. The Kier molecular flexibility index (Phi) is 3.05. The van der Waals surface area contributed by atoms with Crippen LogP contribution >= 0.6 is 0 Å². The van der Waals surface area contributed by atoms with Gasteiger partial charge in [0.15, 0.2) is 0 Å². The number of carboxylic acid groups (broad SMARTS) is 1. The van der Waals surface area contributed by atoms with Crippen molar-refractivity contribution < 1.29 is 19.4 Å². The largest absolute Gasteiger partial charge is 0.478 e. The predicted molar refractivity (Wildman–Crippen MR) is 59.7 cm³/mol. The van der Waals surface area contributed by atoms with Crippen LogP contribution in [0.25, 0.3) is 5.69 Å². The van der Waals surface area contributed by atoms with Crippen LogP contribution in [0.1, 0.15) is 20.8 Å². The Labute approximate surface area is 102 Å². The highest BCUT2D eigenvalue weighted by Gasteiger charge is 2.10. The lowest BCUT2D eigenvalue weighted by atomic mass is 10.3. The summed E-state index contributed by atoms with van der Waals surface area (Å²) in [6, 6.07) is 3.07. The number of esters is 1. The average molecular weight is 247 g/mol. The third kappa shape index (κ3) is 2.19. The molecule has 0 bridgehead atoms. The number of hydrogen-bond acceptors (Lipinski definition) is 5. The molecule has 0 aliphatic carbocycles. The van der Waals surface area contributed by atoms with E-state index in [2.05, 4.69) is 14.8 Å². The molecule has 0 radical (unpaired) electrons.